The zero-order valence-electron chi connectivity index (χ0n) is 20.0. The summed E-state index contributed by atoms with van der Waals surface area (Å²) in [6.07, 6.45) is 0. The minimum absolute atomic E-state index is 0.131. The number of hydrogen-bond donors (Lipinski definition) is 1. The molecular formula is C25H32BrN3O3S. The molecule has 2 aromatic carbocycles. The summed E-state index contributed by atoms with van der Waals surface area (Å²) >= 11 is 9.36. The normalized spacial score (nSPS) is 14.2. The minimum atomic E-state index is -0.226. The van der Waals surface area contributed by atoms with Crippen LogP contribution in [0.1, 0.15) is 29.2 Å². The number of hydrogen-bond acceptors (Lipinski definition) is 5. The lowest BCUT2D eigenvalue weighted by Crippen LogP contribution is -2.46. The number of rotatable bonds is 7. The third-order valence-corrected chi connectivity index (χ3v) is 6.72. The van der Waals surface area contributed by atoms with E-state index in [0.717, 1.165) is 53.5 Å². The number of nitrogens with one attached hydrogen (secondary N) is 1. The smallest absolute Gasteiger partial charge is 0.262 e. The van der Waals surface area contributed by atoms with Gasteiger partial charge < -0.3 is 24.6 Å². The average molecular weight is 535 g/mol. The third kappa shape index (κ3) is 6.46. The number of halogens is 1. The summed E-state index contributed by atoms with van der Waals surface area (Å²) in [6.45, 7) is 12.0. The summed E-state index contributed by atoms with van der Waals surface area (Å²) in [5.41, 5.74) is 4.94. The molecule has 0 aromatic heterocycles. The van der Waals surface area contributed by atoms with Crippen molar-refractivity contribution in [1.29, 1.82) is 0 Å². The number of thiocarbonyl (C=S) groups is 1. The van der Waals surface area contributed by atoms with Crippen molar-refractivity contribution in [2.24, 2.45) is 0 Å². The van der Waals surface area contributed by atoms with E-state index in [1.54, 1.807) is 0 Å². The van der Waals surface area contributed by atoms with Crippen LogP contribution in [0, 0.1) is 20.8 Å². The van der Waals surface area contributed by atoms with Crippen molar-refractivity contribution >= 4 is 44.7 Å². The van der Waals surface area contributed by atoms with Gasteiger partial charge >= 0.3 is 0 Å². The molecular weight excluding hydrogens is 502 g/mol. The van der Waals surface area contributed by atoms with E-state index in [1.165, 1.54) is 5.56 Å². The average Bonchev–Trinajstić information content (AvgIpc) is 2.75. The SMILES string of the molecule is CCOc1cc(C(=S)N2CCN(C)CC2)cc(Br)c1OCC(=O)Nc1c(C)cc(C)cc1C. The fraction of sp³-hybridized carbons (Fsp3) is 0.440. The van der Waals surface area contributed by atoms with E-state index in [0.29, 0.717) is 22.6 Å². The highest BCUT2D eigenvalue weighted by Crippen LogP contribution is 2.37. The quantitative estimate of drug-likeness (QED) is 0.520. The first kappa shape index (κ1) is 25.5. The molecule has 1 saturated heterocycles. The second-order valence-electron chi connectivity index (χ2n) is 8.42. The molecule has 8 heteroatoms. The van der Waals surface area contributed by atoms with Gasteiger partial charge in [-0.25, -0.2) is 0 Å². The minimum Gasteiger partial charge on any atom is -0.490 e. The number of aryl methyl sites for hydroxylation is 3. The monoisotopic (exact) mass is 533 g/mol. The predicted molar refractivity (Wildman–Crippen MR) is 141 cm³/mol. The Morgan fingerprint density at radius 1 is 1.06 bits per heavy atom. The van der Waals surface area contributed by atoms with Crippen molar-refractivity contribution in [2.75, 3.05) is 51.8 Å². The molecule has 0 saturated carbocycles. The molecule has 1 aliphatic heterocycles. The summed E-state index contributed by atoms with van der Waals surface area (Å²) < 4.78 is 12.5. The molecule has 0 spiro atoms. The van der Waals surface area contributed by atoms with Gasteiger partial charge in [-0.15, -0.1) is 0 Å². The standard InChI is InChI=1S/C25H32BrN3O3S/c1-6-31-21-14-19(25(33)29-9-7-28(5)8-10-29)13-20(26)24(21)32-15-22(30)27-23-17(3)11-16(2)12-18(23)4/h11-14H,6-10,15H2,1-5H3,(H,27,30). The summed E-state index contributed by atoms with van der Waals surface area (Å²) in [6, 6.07) is 7.94. The molecule has 3 rings (SSSR count). The van der Waals surface area contributed by atoms with Crippen LogP contribution in [0.25, 0.3) is 0 Å². The lowest BCUT2D eigenvalue weighted by molar-refractivity contribution is -0.118. The van der Waals surface area contributed by atoms with Crippen molar-refractivity contribution in [3.63, 3.8) is 0 Å². The van der Waals surface area contributed by atoms with Gasteiger partial charge in [0.15, 0.2) is 18.1 Å². The van der Waals surface area contributed by atoms with Gasteiger partial charge in [-0.1, -0.05) is 29.9 Å². The Balaban J connectivity index is 1.73. The van der Waals surface area contributed by atoms with Crippen LogP contribution in [-0.4, -0.2) is 67.1 Å². The highest BCUT2D eigenvalue weighted by molar-refractivity contribution is 9.10. The second kappa shape index (κ2) is 11.3. The van der Waals surface area contributed by atoms with Gasteiger partial charge in [0, 0.05) is 37.4 Å². The highest BCUT2D eigenvalue weighted by Gasteiger charge is 2.21. The van der Waals surface area contributed by atoms with Crippen molar-refractivity contribution in [3.8, 4) is 11.5 Å². The van der Waals surface area contributed by atoms with Gasteiger partial charge in [-0.05, 0) is 73.9 Å². The first-order valence-electron chi connectivity index (χ1n) is 11.1. The molecule has 1 fully saturated rings. The lowest BCUT2D eigenvalue weighted by Gasteiger charge is -2.34. The Labute approximate surface area is 210 Å². The molecule has 0 unspecified atom stereocenters. The number of amides is 1. The van der Waals surface area contributed by atoms with Gasteiger partial charge in [-0.3, -0.25) is 4.79 Å². The Kier molecular flexibility index (Phi) is 8.73. The number of benzene rings is 2. The van der Waals surface area contributed by atoms with E-state index < -0.39 is 0 Å². The second-order valence-corrected chi connectivity index (χ2v) is 9.67. The molecule has 2 aromatic rings. The van der Waals surface area contributed by atoms with E-state index in [1.807, 2.05) is 39.8 Å². The van der Waals surface area contributed by atoms with E-state index in [4.69, 9.17) is 21.7 Å². The first-order valence-corrected chi connectivity index (χ1v) is 12.3. The van der Waals surface area contributed by atoms with E-state index >= 15 is 0 Å². The molecule has 6 nitrogen and oxygen atoms in total. The van der Waals surface area contributed by atoms with Crippen LogP contribution in [0.5, 0.6) is 11.5 Å². The van der Waals surface area contributed by atoms with E-state index in [-0.39, 0.29) is 12.5 Å². The Hall–Kier alpha value is -2.16. The van der Waals surface area contributed by atoms with Gasteiger partial charge in [0.25, 0.3) is 5.91 Å². The number of ether oxygens (including phenoxy) is 2. The molecule has 1 heterocycles. The zero-order chi connectivity index (χ0) is 24.1. The van der Waals surface area contributed by atoms with Gasteiger partial charge in [0.05, 0.1) is 11.1 Å². The number of piperazine rings is 1. The number of likely N-dealkylation sites (N-methyl/N-ethyl adjacent to an activating group) is 1. The van der Waals surface area contributed by atoms with Crippen LogP contribution in [0.4, 0.5) is 5.69 Å². The maximum Gasteiger partial charge on any atom is 0.262 e. The molecule has 1 N–H and O–H groups in total. The van der Waals surface area contributed by atoms with Crippen molar-refractivity contribution in [2.45, 2.75) is 27.7 Å². The molecule has 0 aliphatic carbocycles. The van der Waals surface area contributed by atoms with Gasteiger partial charge in [0.1, 0.15) is 4.99 Å². The van der Waals surface area contributed by atoms with Crippen LogP contribution in [0.2, 0.25) is 0 Å². The Morgan fingerprint density at radius 3 is 2.30 bits per heavy atom. The lowest BCUT2D eigenvalue weighted by atomic mass is 10.1. The van der Waals surface area contributed by atoms with Crippen LogP contribution < -0.4 is 14.8 Å². The van der Waals surface area contributed by atoms with Crippen LogP contribution in [0.3, 0.4) is 0 Å². The zero-order valence-corrected chi connectivity index (χ0v) is 22.4. The molecule has 178 valence electrons. The first-order chi connectivity index (χ1) is 15.7. The number of carbonyl (C=O) groups excluding carboxylic acids is 1. The summed E-state index contributed by atoms with van der Waals surface area (Å²) in [4.78, 5) is 17.9. The Bertz CT molecular complexity index is 1010. The van der Waals surface area contributed by atoms with Crippen molar-refractivity contribution in [3.05, 3.63) is 51.0 Å². The third-order valence-electron chi connectivity index (χ3n) is 5.64. The number of anilines is 1. The largest absolute Gasteiger partial charge is 0.490 e. The van der Waals surface area contributed by atoms with E-state index in [2.05, 4.69) is 50.2 Å². The molecule has 1 aliphatic rings. The molecule has 1 amide bonds. The van der Waals surface area contributed by atoms with E-state index in [9.17, 15) is 4.79 Å². The fourth-order valence-corrected chi connectivity index (χ4v) is 4.83. The molecule has 0 bridgehead atoms. The van der Waals surface area contributed by atoms with Crippen LogP contribution >= 0.6 is 28.1 Å². The van der Waals surface area contributed by atoms with Crippen molar-refractivity contribution < 1.29 is 14.3 Å². The predicted octanol–water partition coefficient (Wildman–Crippen LogP) is 4.71. The number of carbonyl (C=O) groups is 1. The van der Waals surface area contributed by atoms with Crippen LogP contribution in [0.15, 0.2) is 28.7 Å². The van der Waals surface area contributed by atoms with Crippen LogP contribution in [-0.2, 0) is 4.79 Å². The topological polar surface area (TPSA) is 54.0 Å². The number of nitrogens with zero attached hydrogens (tertiary/aromatic N) is 2. The fourth-order valence-electron chi connectivity index (χ4n) is 3.98. The molecule has 33 heavy (non-hydrogen) atoms. The summed E-state index contributed by atoms with van der Waals surface area (Å²) in [5.74, 6) is 0.833. The Morgan fingerprint density at radius 2 is 1.70 bits per heavy atom. The maximum atomic E-state index is 12.6. The summed E-state index contributed by atoms with van der Waals surface area (Å²) in [5, 5.41) is 2.97. The van der Waals surface area contributed by atoms with Gasteiger partial charge in [-0.2, -0.15) is 0 Å². The molecule has 0 atom stereocenters. The summed E-state index contributed by atoms with van der Waals surface area (Å²) in [7, 11) is 2.12. The highest BCUT2D eigenvalue weighted by atomic mass is 79.9. The van der Waals surface area contributed by atoms with Gasteiger partial charge in [0.2, 0.25) is 0 Å². The maximum absolute atomic E-state index is 12.6. The van der Waals surface area contributed by atoms with Crippen molar-refractivity contribution in [1.82, 2.24) is 9.80 Å². The molecule has 0 radical (unpaired) electrons.